The summed E-state index contributed by atoms with van der Waals surface area (Å²) >= 11 is 5.85. The van der Waals surface area contributed by atoms with Crippen LogP contribution >= 0.6 is 11.6 Å². The molecule has 2 rings (SSSR count). The summed E-state index contributed by atoms with van der Waals surface area (Å²) < 4.78 is 5.76. The molecule has 116 valence electrons. The van der Waals surface area contributed by atoms with Gasteiger partial charge in [0.1, 0.15) is 5.75 Å². The summed E-state index contributed by atoms with van der Waals surface area (Å²) in [5, 5.41) is 3.61. The normalized spacial score (nSPS) is 11.8. The lowest BCUT2D eigenvalue weighted by atomic mass is 10.1. The van der Waals surface area contributed by atoms with Gasteiger partial charge in [0.15, 0.2) is 6.10 Å². The SMILES string of the molecule is CCC(Oc1ccc(Cl)cc1)C(=O)Nc1c(C)cccc1C. The summed E-state index contributed by atoms with van der Waals surface area (Å²) in [6, 6.07) is 12.9. The van der Waals surface area contributed by atoms with Crippen LogP contribution in [-0.2, 0) is 4.79 Å². The number of benzene rings is 2. The van der Waals surface area contributed by atoms with Gasteiger partial charge in [0.2, 0.25) is 0 Å². The minimum Gasteiger partial charge on any atom is -0.481 e. The largest absolute Gasteiger partial charge is 0.481 e. The molecule has 2 aromatic rings. The summed E-state index contributed by atoms with van der Waals surface area (Å²) in [4.78, 5) is 12.5. The Labute approximate surface area is 136 Å². The molecule has 3 nitrogen and oxygen atoms in total. The third-order valence-corrected chi connectivity index (χ3v) is 3.74. The number of nitrogens with one attached hydrogen (secondary N) is 1. The van der Waals surface area contributed by atoms with E-state index in [1.54, 1.807) is 24.3 Å². The van der Waals surface area contributed by atoms with Crippen LogP contribution in [0.1, 0.15) is 24.5 Å². The number of ether oxygens (including phenoxy) is 1. The van der Waals surface area contributed by atoms with Crippen LogP contribution in [0.15, 0.2) is 42.5 Å². The van der Waals surface area contributed by atoms with Gasteiger partial charge in [-0.25, -0.2) is 0 Å². The number of hydrogen-bond donors (Lipinski definition) is 1. The average molecular weight is 318 g/mol. The molecule has 0 heterocycles. The number of amides is 1. The fourth-order valence-electron chi connectivity index (χ4n) is 2.21. The predicted octanol–water partition coefficient (Wildman–Crippen LogP) is 4.75. The first-order valence-corrected chi connectivity index (χ1v) is 7.68. The molecule has 1 amide bonds. The van der Waals surface area contributed by atoms with Gasteiger partial charge in [-0.2, -0.15) is 0 Å². The van der Waals surface area contributed by atoms with Crippen molar-refractivity contribution in [2.45, 2.75) is 33.3 Å². The van der Waals surface area contributed by atoms with E-state index in [4.69, 9.17) is 16.3 Å². The first-order valence-electron chi connectivity index (χ1n) is 7.30. The Hall–Kier alpha value is -2.00. The highest BCUT2D eigenvalue weighted by Gasteiger charge is 2.19. The summed E-state index contributed by atoms with van der Waals surface area (Å²) in [5.74, 6) is 0.489. The quantitative estimate of drug-likeness (QED) is 0.864. The Kier molecular flexibility index (Phi) is 5.45. The van der Waals surface area contributed by atoms with Gasteiger partial charge in [0, 0.05) is 10.7 Å². The Morgan fingerprint density at radius 1 is 1.14 bits per heavy atom. The molecule has 0 aromatic heterocycles. The smallest absolute Gasteiger partial charge is 0.265 e. The molecule has 0 saturated heterocycles. The second-order valence-corrected chi connectivity index (χ2v) is 5.66. The van der Waals surface area contributed by atoms with Crippen LogP contribution in [0, 0.1) is 13.8 Å². The van der Waals surface area contributed by atoms with E-state index in [0.717, 1.165) is 16.8 Å². The Morgan fingerprint density at radius 3 is 2.27 bits per heavy atom. The molecule has 1 unspecified atom stereocenters. The Morgan fingerprint density at radius 2 is 1.73 bits per heavy atom. The number of rotatable bonds is 5. The van der Waals surface area contributed by atoms with E-state index in [0.29, 0.717) is 17.2 Å². The average Bonchev–Trinajstić information content (AvgIpc) is 2.50. The first-order chi connectivity index (χ1) is 10.5. The van der Waals surface area contributed by atoms with Crippen LogP contribution in [-0.4, -0.2) is 12.0 Å². The molecule has 0 spiro atoms. The van der Waals surface area contributed by atoms with Gasteiger partial charge in [-0.15, -0.1) is 0 Å². The molecule has 1 N–H and O–H groups in total. The van der Waals surface area contributed by atoms with Crippen molar-refractivity contribution in [3.8, 4) is 5.75 Å². The second kappa shape index (κ2) is 7.32. The van der Waals surface area contributed by atoms with E-state index in [-0.39, 0.29) is 5.91 Å². The molecule has 0 fully saturated rings. The van der Waals surface area contributed by atoms with Crippen LogP contribution in [0.4, 0.5) is 5.69 Å². The van der Waals surface area contributed by atoms with E-state index in [1.807, 2.05) is 39.0 Å². The van der Waals surface area contributed by atoms with Crippen molar-refractivity contribution in [1.82, 2.24) is 0 Å². The third kappa shape index (κ3) is 4.01. The topological polar surface area (TPSA) is 38.3 Å². The van der Waals surface area contributed by atoms with Gasteiger partial charge in [0.25, 0.3) is 5.91 Å². The zero-order chi connectivity index (χ0) is 16.1. The van der Waals surface area contributed by atoms with Gasteiger partial charge in [0.05, 0.1) is 0 Å². The van der Waals surface area contributed by atoms with Crippen molar-refractivity contribution in [2.75, 3.05) is 5.32 Å². The van der Waals surface area contributed by atoms with E-state index in [2.05, 4.69) is 5.32 Å². The standard InChI is InChI=1S/C18H20ClNO2/c1-4-16(22-15-10-8-14(19)9-11-15)18(21)20-17-12(2)6-5-7-13(17)3/h5-11,16H,4H2,1-3H3,(H,20,21). The highest BCUT2D eigenvalue weighted by atomic mass is 35.5. The third-order valence-electron chi connectivity index (χ3n) is 3.48. The Balaban J connectivity index is 2.10. The zero-order valence-electron chi connectivity index (χ0n) is 13.0. The Bertz CT molecular complexity index is 632. The monoisotopic (exact) mass is 317 g/mol. The molecule has 0 aliphatic rings. The molecule has 22 heavy (non-hydrogen) atoms. The maximum atomic E-state index is 12.5. The van der Waals surface area contributed by atoms with Crippen LogP contribution in [0.25, 0.3) is 0 Å². The zero-order valence-corrected chi connectivity index (χ0v) is 13.8. The van der Waals surface area contributed by atoms with E-state index >= 15 is 0 Å². The number of hydrogen-bond acceptors (Lipinski definition) is 2. The molecule has 0 aliphatic heterocycles. The van der Waals surface area contributed by atoms with Crippen molar-refractivity contribution >= 4 is 23.2 Å². The molecular weight excluding hydrogens is 298 g/mol. The first kappa shape index (κ1) is 16.4. The van der Waals surface area contributed by atoms with E-state index < -0.39 is 6.10 Å². The summed E-state index contributed by atoms with van der Waals surface area (Å²) in [7, 11) is 0. The highest BCUT2D eigenvalue weighted by Crippen LogP contribution is 2.21. The molecule has 0 saturated carbocycles. The maximum Gasteiger partial charge on any atom is 0.265 e. The molecule has 2 aromatic carbocycles. The number of halogens is 1. The lowest BCUT2D eigenvalue weighted by Crippen LogP contribution is -2.32. The summed E-state index contributed by atoms with van der Waals surface area (Å²) in [6.07, 6.45) is 0.0412. The predicted molar refractivity (Wildman–Crippen MR) is 90.7 cm³/mol. The van der Waals surface area contributed by atoms with Gasteiger partial charge in [-0.1, -0.05) is 36.7 Å². The van der Waals surface area contributed by atoms with Crippen molar-refractivity contribution in [3.63, 3.8) is 0 Å². The van der Waals surface area contributed by atoms with Crippen molar-refractivity contribution in [2.24, 2.45) is 0 Å². The fourth-order valence-corrected chi connectivity index (χ4v) is 2.34. The molecule has 1 atom stereocenters. The number of aryl methyl sites for hydroxylation is 2. The van der Waals surface area contributed by atoms with Gasteiger partial charge in [-0.3, -0.25) is 4.79 Å². The van der Waals surface area contributed by atoms with Gasteiger partial charge in [-0.05, 0) is 55.7 Å². The van der Waals surface area contributed by atoms with Crippen LogP contribution < -0.4 is 10.1 Å². The van der Waals surface area contributed by atoms with E-state index in [1.165, 1.54) is 0 Å². The molecule has 4 heteroatoms. The van der Waals surface area contributed by atoms with E-state index in [9.17, 15) is 4.79 Å². The van der Waals surface area contributed by atoms with Crippen LogP contribution in [0.2, 0.25) is 5.02 Å². The lowest BCUT2D eigenvalue weighted by molar-refractivity contribution is -0.122. The number of carbonyl (C=O) groups is 1. The number of anilines is 1. The number of para-hydroxylation sites is 1. The highest BCUT2D eigenvalue weighted by molar-refractivity contribution is 6.30. The summed E-state index contributed by atoms with van der Waals surface area (Å²) in [6.45, 7) is 5.87. The molecule has 0 bridgehead atoms. The minimum atomic E-state index is -0.541. The van der Waals surface area contributed by atoms with Crippen molar-refractivity contribution in [1.29, 1.82) is 0 Å². The number of carbonyl (C=O) groups excluding carboxylic acids is 1. The lowest BCUT2D eigenvalue weighted by Gasteiger charge is -2.19. The fraction of sp³-hybridized carbons (Fsp3) is 0.278. The van der Waals surface area contributed by atoms with Crippen LogP contribution in [0.5, 0.6) is 5.75 Å². The van der Waals surface area contributed by atoms with Gasteiger partial charge >= 0.3 is 0 Å². The van der Waals surface area contributed by atoms with Crippen molar-refractivity contribution < 1.29 is 9.53 Å². The second-order valence-electron chi connectivity index (χ2n) is 5.22. The van der Waals surface area contributed by atoms with Gasteiger partial charge < -0.3 is 10.1 Å². The summed E-state index contributed by atoms with van der Waals surface area (Å²) in [5.41, 5.74) is 2.93. The maximum absolute atomic E-state index is 12.5. The molecular formula is C18H20ClNO2. The van der Waals surface area contributed by atoms with Crippen molar-refractivity contribution in [3.05, 3.63) is 58.6 Å². The van der Waals surface area contributed by atoms with Crippen LogP contribution in [0.3, 0.4) is 0 Å². The molecule has 0 radical (unpaired) electrons. The minimum absolute atomic E-state index is 0.144. The molecule has 0 aliphatic carbocycles.